The molecular formula is C46H52N8O6. The van der Waals surface area contributed by atoms with E-state index in [1.165, 1.54) is 7.11 Å². The maximum absolute atomic E-state index is 14.0. The molecule has 2 saturated carbocycles. The van der Waals surface area contributed by atoms with Crippen molar-refractivity contribution in [3.05, 3.63) is 103 Å². The average molecular weight is 813 g/mol. The van der Waals surface area contributed by atoms with Gasteiger partial charge in [-0.05, 0) is 85.1 Å². The first-order valence-corrected chi connectivity index (χ1v) is 21.0. The fourth-order valence-electron chi connectivity index (χ4n) is 9.53. The van der Waals surface area contributed by atoms with Gasteiger partial charge < -0.3 is 35.0 Å². The van der Waals surface area contributed by atoms with Gasteiger partial charge in [-0.25, -0.2) is 19.6 Å². The number of carbonyl (C=O) groups is 4. The van der Waals surface area contributed by atoms with Crippen molar-refractivity contribution in [2.45, 2.75) is 76.9 Å². The molecule has 7 atom stereocenters. The van der Waals surface area contributed by atoms with Gasteiger partial charge in [-0.3, -0.25) is 14.6 Å². The number of rotatable bonds is 13. The normalized spacial score (nSPS) is 21.8. The number of alkyl carbamates (subject to hydrolysis) is 1. The number of aromatic amines is 2. The smallest absolute Gasteiger partial charge is 0.407 e. The van der Waals surface area contributed by atoms with Gasteiger partial charge in [0, 0.05) is 30.4 Å². The van der Waals surface area contributed by atoms with Crippen LogP contribution in [0.4, 0.5) is 4.79 Å². The van der Waals surface area contributed by atoms with E-state index in [1.54, 1.807) is 37.6 Å². The van der Waals surface area contributed by atoms with Crippen LogP contribution in [0, 0.1) is 23.7 Å². The topological polar surface area (TPSA) is 184 Å². The molecule has 14 nitrogen and oxygen atoms in total. The summed E-state index contributed by atoms with van der Waals surface area (Å²) in [5, 5.41) is 5.72. The van der Waals surface area contributed by atoms with Crippen molar-refractivity contribution in [3.63, 3.8) is 0 Å². The van der Waals surface area contributed by atoms with Crippen molar-refractivity contribution < 1.29 is 28.7 Å². The highest BCUT2D eigenvalue weighted by atomic mass is 16.5. The van der Waals surface area contributed by atoms with Crippen LogP contribution in [0.1, 0.15) is 88.1 Å². The van der Waals surface area contributed by atoms with Crippen LogP contribution >= 0.6 is 0 Å². The number of hydrogen-bond acceptors (Lipinski definition) is 9. The van der Waals surface area contributed by atoms with Gasteiger partial charge in [-0.2, -0.15) is 0 Å². The molecule has 3 amide bonds. The Morgan fingerprint density at radius 3 is 2.07 bits per heavy atom. The average Bonchev–Trinajstić information content (AvgIpc) is 4.13. The molecule has 2 aromatic carbocycles. The molecule has 8 rings (SSSR count). The Kier molecular flexibility index (Phi) is 11.8. The number of esters is 1. The van der Waals surface area contributed by atoms with Crippen molar-refractivity contribution in [1.29, 1.82) is 0 Å². The third-order valence-corrected chi connectivity index (χ3v) is 12.5. The Hall–Kier alpha value is -6.31. The lowest BCUT2D eigenvalue weighted by Gasteiger charge is -2.30. The van der Waals surface area contributed by atoms with E-state index >= 15 is 0 Å². The number of aromatic nitrogens is 5. The van der Waals surface area contributed by atoms with E-state index in [0.29, 0.717) is 18.0 Å². The third kappa shape index (κ3) is 8.15. The van der Waals surface area contributed by atoms with Crippen LogP contribution in [-0.4, -0.2) is 80.0 Å². The Balaban J connectivity index is 0.930. The standard InChI is InChI=1S/C46H52N8O6/c1-5-60-45(57)40(33-8-6-20-47-23-33)52-43(55)38-32-19-18-31(22-32)37(38)42-49-25-35(51-42)30-16-12-28(13-17-30)27-10-14-29(15-11-27)34-24-48-41(50-34)36-9-7-21-54(36)44(56)39(26(2)3)53-46(58)59-4/h6,8,10-17,20,23-26,31-32,36-40H,5,7,9,18-19,21-22H2,1-4H3,(H,48,50)(H,49,51)(H,52,55)(H,53,58)/t31?,32?,36-,37-,38-,39-,40?/m0/s1. The minimum absolute atomic E-state index is 0.0786. The fourth-order valence-corrected chi connectivity index (χ4v) is 9.53. The molecule has 3 fully saturated rings. The summed E-state index contributed by atoms with van der Waals surface area (Å²) in [6.45, 7) is 6.36. The number of nitrogens with one attached hydrogen (secondary N) is 4. The molecule has 14 heteroatoms. The number of amides is 3. The number of likely N-dealkylation sites (tertiary alicyclic amines) is 1. The van der Waals surface area contributed by atoms with Crippen LogP contribution in [0.2, 0.25) is 0 Å². The van der Waals surface area contributed by atoms with Gasteiger partial charge in [0.05, 0.1) is 49.5 Å². The molecule has 312 valence electrons. The molecule has 0 spiro atoms. The summed E-state index contributed by atoms with van der Waals surface area (Å²) < 4.78 is 10.1. The summed E-state index contributed by atoms with van der Waals surface area (Å²) >= 11 is 0. The zero-order chi connectivity index (χ0) is 41.9. The van der Waals surface area contributed by atoms with E-state index in [1.807, 2.05) is 24.9 Å². The molecule has 3 unspecified atom stereocenters. The highest BCUT2D eigenvalue weighted by Gasteiger charge is 2.53. The molecular weight excluding hydrogens is 761 g/mol. The van der Waals surface area contributed by atoms with Crippen LogP contribution in [0.25, 0.3) is 33.6 Å². The maximum Gasteiger partial charge on any atom is 0.407 e. The fraction of sp³-hybridized carbons (Fsp3) is 0.413. The Labute approximate surface area is 349 Å². The van der Waals surface area contributed by atoms with Crippen LogP contribution < -0.4 is 10.6 Å². The number of imidazole rings is 2. The summed E-state index contributed by atoms with van der Waals surface area (Å²) in [4.78, 5) is 75.0. The van der Waals surface area contributed by atoms with Gasteiger partial charge >= 0.3 is 12.1 Å². The van der Waals surface area contributed by atoms with Crippen LogP contribution in [-0.2, 0) is 23.9 Å². The zero-order valence-electron chi connectivity index (χ0n) is 34.4. The third-order valence-electron chi connectivity index (χ3n) is 12.5. The van der Waals surface area contributed by atoms with Gasteiger partial charge in [0.15, 0.2) is 6.04 Å². The van der Waals surface area contributed by atoms with Gasteiger partial charge in [-0.15, -0.1) is 0 Å². The van der Waals surface area contributed by atoms with Crippen molar-refractivity contribution in [3.8, 4) is 33.6 Å². The summed E-state index contributed by atoms with van der Waals surface area (Å²) in [7, 11) is 1.29. The van der Waals surface area contributed by atoms with Crippen LogP contribution in [0.15, 0.2) is 85.5 Å². The summed E-state index contributed by atoms with van der Waals surface area (Å²) in [5.74, 6) is 0.790. The molecule has 3 aromatic heterocycles. The van der Waals surface area contributed by atoms with Crippen molar-refractivity contribution in [2.24, 2.45) is 23.7 Å². The number of ether oxygens (including phenoxy) is 2. The van der Waals surface area contributed by atoms with Gasteiger partial charge in [0.1, 0.15) is 17.7 Å². The highest BCUT2D eigenvalue weighted by Crippen LogP contribution is 2.56. The minimum atomic E-state index is -0.930. The molecule has 2 aliphatic carbocycles. The second kappa shape index (κ2) is 17.5. The minimum Gasteiger partial charge on any atom is -0.464 e. The lowest BCUT2D eigenvalue weighted by atomic mass is 9.78. The molecule has 1 saturated heterocycles. The summed E-state index contributed by atoms with van der Waals surface area (Å²) in [5.41, 5.74) is 6.41. The van der Waals surface area contributed by atoms with Crippen molar-refractivity contribution in [2.75, 3.05) is 20.3 Å². The first-order valence-electron chi connectivity index (χ1n) is 21.0. The molecule has 2 bridgehead atoms. The second-order valence-electron chi connectivity index (χ2n) is 16.4. The van der Waals surface area contributed by atoms with Gasteiger partial charge in [0.25, 0.3) is 0 Å². The van der Waals surface area contributed by atoms with Crippen LogP contribution in [0.3, 0.4) is 0 Å². The zero-order valence-corrected chi connectivity index (χ0v) is 34.4. The van der Waals surface area contributed by atoms with E-state index in [2.05, 4.69) is 79.1 Å². The quantitative estimate of drug-likeness (QED) is 0.0899. The van der Waals surface area contributed by atoms with Gasteiger partial charge in [0.2, 0.25) is 11.8 Å². The van der Waals surface area contributed by atoms with E-state index in [4.69, 9.17) is 14.5 Å². The molecule has 3 aliphatic rings. The SMILES string of the molecule is CCOC(=O)C(NC(=O)[C@H]1C2CCC(C2)[C@@H]1c1ncc(-c2ccc(-c3ccc(-c4cnc([C@@H]5CCCN5C(=O)[C@@H](NC(=O)OC)C(C)C)[nH]4)cc3)cc2)[nH]1)c1cccnc1. The maximum atomic E-state index is 14.0. The molecule has 60 heavy (non-hydrogen) atoms. The lowest BCUT2D eigenvalue weighted by Crippen LogP contribution is -2.51. The number of hydrogen-bond donors (Lipinski definition) is 4. The van der Waals surface area contributed by atoms with Gasteiger partial charge in [-0.1, -0.05) is 68.4 Å². The summed E-state index contributed by atoms with van der Waals surface area (Å²) in [6.07, 6.45) is 10.9. The first-order chi connectivity index (χ1) is 29.1. The summed E-state index contributed by atoms with van der Waals surface area (Å²) in [6, 6.07) is 18.3. The number of H-pyrrole nitrogens is 2. The number of benzene rings is 2. The number of pyridine rings is 1. The predicted octanol–water partition coefficient (Wildman–Crippen LogP) is 7.12. The molecule has 4 N–H and O–H groups in total. The number of fused-ring (bicyclic) bond motifs is 2. The predicted molar refractivity (Wildman–Crippen MR) is 224 cm³/mol. The first kappa shape index (κ1) is 40.5. The number of methoxy groups -OCH3 is 1. The van der Waals surface area contributed by atoms with Crippen molar-refractivity contribution >= 4 is 23.9 Å². The largest absolute Gasteiger partial charge is 0.464 e. The van der Waals surface area contributed by atoms with Crippen LogP contribution in [0.5, 0.6) is 0 Å². The molecule has 4 heterocycles. The van der Waals surface area contributed by atoms with E-state index in [9.17, 15) is 19.2 Å². The van der Waals surface area contributed by atoms with E-state index in [-0.39, 0.29) is 48.1 Å². The van der Waals surface area contributed by atoms with Crippen molar-refractivity contribution in [1.82, 2.24) is 40.5 Å². The number of carbonyl (C=O) groups excluding carboxylic acids is 4. The Bertz CT molecular complexity index is 2310. The lowest BCUT2D eigenvalue weighted by molar-refractivity contribution is -0.148. The van der Waals surface area contributed by atoms with E-state index < -0.39 is 24.1 Å². The molecule has 5 aromatic rings. The second-order valence-corrected chi connectivity index (χ2v) is 16.4. The monoisotopic (exact) mass is 812 g/mol. The molecule has 1 aliphatic heterocycles. The Morgan fingerprint density at radius 1 is 0.817 bits per heavy atom. The Morgan fingerprint density at radius 2 is 1.45 bits per heavy atom. The van der Waals surface area contributed by atoms with E-state index in [0.717, 1.165) is 77.4 Å². The number of nitrogens with zero attached hydrogens (tertiary/aromatic N) is 4. The highest BCUT2D eigenvalue weighted by molar-refractivity contribution is 5.88. The molecule has 0 radical (unpaired) electrons.